The maximum Gasteiger partial charge on any atom is 0.335 e. The summed E-state index contributed by atoms with van der Waals surface area (Å²) in [5.74, 6) is -1.02. The molecule has 0 aromatic heterocycles. The van der Waals surface area contributed by atoms with Crippen LogP contribution in [-0.4, -0.2) is 24.2 Å². The van der Waals surface area contributed by atoms with E-state index in [1.54, 1.807) is 18.2 Å². The first-order valence-corrected chi connectivity index (χ1v) is 6.46. The molecule has 5 heteroatoms. The van der Waals surface area contributed by atoms with E-state index in [0.717, 1.165) is 16.7 Å². The van der Waals surface area contributed by atoms with E-state index in [9.17, 15) is 4.79 Å². The van der Waals surface area contributed by atoms with Crippen LogP contribution in [0.4, 0.5) is 5.69 Å². The van der Waals surface area contributed by atoms with Crippen LogP contribution in [0.1, 0.15) is 24.2 Å². The molecule has 0 fully saturated rings. The van der Waals surface area contributed by atoms with Crippen LogP contribution in [0.2, 0.25) is 0 Å². The molecular formula is C13H15BrN2O2. The molecule has 1 atom stereocenters. The van der Waals surface area contributed by atoms with Crippen molar-refractivity contribution in [2.45, 2.75) is 13.8 Å². The van der Waals surface area contributed by atoms with Gasteiger partial charge in [-0.15, -0.1) is 0 Å². The molecule has 0 amide bonds. The number of carbonyl (C=O) groups is 1. The quantitative estimate of drug-likeness (QED) is 0.907. The first kappa shape index (κ1) is 14.5. The van der Waals surface area contributed by atoms with Gasteiger partial charge in [0.2, 0.25) is 0 Å². The Balaban J connectivity index is 3.00. The number of hydrogen-bond acceptors (Lipinski definition) is 3. The van der Waals surface area contributed by atoms with Crippen molar-refractivity contribution < 1.29 is 9.90 Å². The molecule has 1 rings (SSSR count). The molecule has 1 aromatic carbocycles. The fourth-order valence-electron chi connectivity index (χ4n) is 1.67. The van der Waals surface area contributed by atoms with Crippen molar-refractivity contribution >= 4 is 27.6 Å². The van der Waals surface area contributed by atoms with Crippen molar-refractivity contribution in [3.05, 3.63) is 28.2 Å². The summed E-state index contributed by atoms with van der Waals surface area (Å²) in [7, 11) is 0. The van der Waals surface area contributed by atoms with Gasteiger partial charge in [-0.3, -0.25) is 0 Å². The molecule has 0 spiro atoms. The highest BCUT2D eigenvalue weighted by Crippen LogP contribution is 2.28. The monoisotopic (exact) mass is 310 g/mol. The maximum atomic E-state index is 10.9. The summed E-state index contributed by atoms with van der Waals surface area (Å²) < 4.78 is 0.731. The Morgan fingerprint density at radius 1 is 1.61 bits per heavy atom. The highest BCUT2D eigenvalue weighted by atomic mass is 79.9. The molecule has 1 N–H and O–H groups in total. The van der Waals surface area contributed by atoms with Gasteiger partial charge in [-0.25, -0.2) is 4.79 Å². The lowest BCUT2D eigenvalue weighted by Crippen LogP contribution is -2.28. The second-order valence-electron chi connectivity index (χ2n) is 4.04. The van der Waals surface area contributed by atoms with Gasteiger partial charge in [0.15, 0.2) is 0 Å². The smallest absolute Gasteiger partial charge is 0.335 e. The van der Waals surface area contributed by atoms with E-state index in [4.69, 9.17) is 10.4 Å². The number of hydrogen-bond donors (Lipinski definition) is 1. The Morgan fingerprint density at radius 3 is 2.72 bits per heavy atom. The predicted molar refractivity (Wildman–Crippen MR) is 73.8 cm³/mol. The first-order valence-electron chi connectivity index (χ1n) is 5.67. The lowest BCUT2D eigenvalue weighted by molar-refractivity contribution is 0.0697. The van der Waals surface area contributed by atoms with Crippen LogP contribution in [0.5, 0.6) is 0 Å². The lowest BCUT2D eigenvalue weighted by atomic mass is 10.1. The van der Waals surface area contributed by atoms with Crippen molar-refractivity contribution in [1.82, 2.24) is 0 Å². The largest absolute Gasteiger partial charge is 0.478 e. The minimum absolute atomic E-state index is 0.0731. The highest BCUT2D eigenvalue weighted by molar-refractivity contribution is 9.10. The molecule has 0 radical (unpaired) electrons. The van der Waals surface area contributed by atoms with Gasteiger partial charge in [-0.1, -0.05) is 0 Å². The predicted octanol–water partition coefficient (Wildman–Crippen LogP) is 3.13. The molecule has 1 aromatic rings. The zero-order chi connectivity index (χ0) is 13.7. The van der Waals surface area contributed by atoms with Crippen LogP contribution < -0.4 is 4.90 Å². The van der Waals surface area contributed by atoms with Crippen LogP contribution in [-0.2, 0) is 0 Å². The Hall–Kier alpha value is -1.54. The van der Waals surface area contributed by atoms with Gasteiger partial charge in [0.1, 0.15) is 0 Å². The molecule has 4 nitrogen and oxygen atoms in total. The Morgan fingerprint density at radius 2 is 2.28 bits per heavy atom. The van der Waals surface area contributed by atoms with E-state index >= 15 is 0 Å². The van der Waals surface area contributed by atoms with E-state index in [0.29, 0.717) is 6.54 Å². The Labute approximate surface area is 115 Å². The zero-order valence-electron chi connectivity index (χ0n) is 10.4. The SMILES string of the molecule is CCN(CC(C)C#N)c1ccc(C(=O)O)cc1Br. The number of benzene rings is 1. The first-order chi connectivity index (χ1) is 8.49. The molecule has 18 heavy (non-hydrogen) atoms. The summed E-state index contributed by atoms with van der Waals surface area (Å²) in [5, 5.41) is 17.7. The zero-order valence-corrected chi connectivity index (χ0v) is 11.9. The third-order valence-electron chi connectivity index (χ3n) is 2.63. The van der Waals surface area contributed by atoms with Crippen LogP contribution in [0.25, 0.3) is 0 Å². The van der Waals surface area contributed by atoms with Crippen molar-refractivity contribution in [1.29, 1.82) is 5.26 Å². The van der Waals surface area contributed by atoms with Crippen molar-refractivity contribution in [3.63, 3.8) is 0 Å². The highest BCUT2D eigenvalue weighted by Gasteiger charge is 2.13. The number of carboxylic acid groups (broad SMARTS) is 1. The number of anilines is 1. The molecule has 0 aliphatic rings. The minimum Gasteiger partial charge on any atom is -0.478 e. The summed E-state index contributed by atoms with van der Waals surface area (Å²) >= 11 is 3.38. The fourth-order valence-corrected chi connectivity index (χ4v) is 2.30. The third-order valence-corrected chi connectivity index (χ3v) is 3.27. The number of aromatic carboxylic acids is 1. The molecule has 0 saturated carbocycles. The number of nitrogens with zero attached hydrogens (tertiary/aromatic N) is 2. The molecule has 0 aliphatic carbocycles. The Kier molecular flexibility index (Phi) is 5.17. The van der Waals surface area contributed by atoms with Gasteiger partial charge in [-0.2, -0.15) is 5.26 Å². The van der Waals surface area contributed by atoms with Crippen LogP contribution >= 0.6 is 15.9 Å². The summed E-state index contributed by atoms with van der Waals surface area (Å²) in [6.07, 6.45) is 0. The van der Waals surface area contributed by atoms with Crippen LogP contribution in [0, 0.1) is 17.2 Å². The second kappa shape index (κ2) is 6.41. The summed E-state index contributed by atoms with van der Waals surface area (Å²) in [6.45, 7) is 5.25. The third kappa shape index (κ3) is 3.47. The molecule has 96 valence electrons. The van der Waals surface area contributed by atoms with Crippen molar-refractivity contribution in [2.24, 2.45) is 5.92 Å². The van der Waals surface area contributed by atoms with Gasteiger partial charge in [0.25, 0.3) is 0 Å². The van der Waals surface area contributed by atoms with Crippen molar-refractivity contribution in [2.75, 3.05) is 18.0 Å². The molecule has 0 heterocycles. The summed E-state index contributed by atoms with van der Waals surface area (Å²) in [6, 6.07) is 7.11. The van der Waals surface area contributed by atoms with E-state index in [1.807, 2.05) is 18.7 Å². The van der Waals surface area contributed by atoms with Gasteiger partial charge in [0, 0.05) is 17.6 Å². The number of rotatable bonds is 5. The van der Waals surface area contributed by atoms with Gasteiger partial charge in [-0.05, 0) is 48.0 Å². The van der Waals surface area contributed by atoms with Gasteiger partial charge >= 0.3 is 5.97 Å². The normalized spacial score (nSPS) is 11.7. The van der Waals surface area contributed by atoms with Gasteiger partial charge in [0.05, 0.1) is 23.2 Å². The van der Waals surface area contributed by atoms with E-state index < -0.39 is 5.97 Å². The second-order valence-corrected chi connectivity index (χ2v) is 4.89. The fraction of sp³-hybridized carbons (Fsp3) is 0.385. The van der Waals surface area contributed by atoms with Crippen LogP contribution in [0.15, 0.2) is 22.7 Å². The van der Waals surface area contributed by atoms with Gasteiger partial charge < -0.3 is 10.0 Å². The topological polar surface area (TPSA) is 64.3 Å². The standard InChI is InChI=1S/C13H15BrN2O2/c1-3-16(8-9(2)7-15)12-5-4-10(13(17)18)6-11(12)14/h4-6,9H,3,8H2,1-2H3,(H,17,18). The lowest BCUT2D eigenvalue weighted by Gasteiger charge is -2.25. The van der Waals surface area contributed by atoms with E-state index in [-0.39, 0.29) is 11.5 Å². The minimum atomic E-state index is -0.948. The van der Waals surface area contributed by atoms with E-state index in [2.05, 4.69) is 22.0 Å². The molecule has 0 saturated heterocycles. The molecule has 0 aliphatic heterocycles. The average molecular weight is 311 g/mol. The Bertz CT molecular complexity index is 482. The van der Waals surface area contributed by atoms with Crippen molar-refractivity contribution in [3.8, 4) is 6.07 Å². The number of carboxylic acids is 1. The molecule has 0 bridgehead atoms. The molecule has 1 unspecified atom stereocenters. The maximum absolute atomic E-state index is 10.9. The summed E-state index contributed by atoms with van der Waals surface area (Å²) in [4.78, 5) is 12.9. The average Bonchev–Trinajstić information content (AvgIpc) is 2.35. The summed E-state index contributed by atoms with van der Waals surface area (Å²) in [5.41, 5.74) is 1.15. The number of nitriles is 1. The van der Waals surface area contributed by atoms with Crippen LogP contribution in [0.3, 0.4) is 0 Å². The molecular weight excluding hydrogens is 296 g/mol. The van der Waals surface area contributed by atoms with E-state index in [1.165, 1.54) is 0 Å². The number of halogens is 1.